The predicted molar refractivity (Wildman–Crippen MR) is 111 cm³/mol. The number of hydrogen-bond acceptors (Lipinski definition) is 2. The van der Waals surface area contributed by atoms with Crippen molar-refractivity contribution in [3.05, 3.63) is 52.8 Å². The number of aromatic nitrogens is 2. The predicted octanol–water partition coefficient (Wildman–Crippen LogP) is 2.90. The van der Waals surface area contributed by atoms with Crippen molar-refractivity contribution in [2.45, 2.75) is 26.8 Å². The first-order valence-electron chi connectivity index (χ1n) is 7.97. The molecule has 1 N–H and O–H groups in total. The van der Waals surface area contributed by atoms with Crippen LogP contribution >= 0.6 is 24.0 Å². The van der Waals surface area contributed by atoms with Gasteiger partial charge in [-0.05, 0) is 31.4 Å². The van der Waals surface area contributed by atoms with Gasteiger partial charge >= 0.3 is 0 Å². The second-order valence-corrected chi connectivity index (χ2v) is 5.97. The normalized spacial score (nSPS) is 11.1. The Morgan fingerprint density at radius 3 is 2.42 bits per heavy atom. The fourth-order valence-electron chi connectivity index (χ4n) is 2.58. The van der Waals surface area contributed by atoms with E-state index >= 15 is 0 Å². The van der Waals surface area contributed by atoms with Gasteiger partial charge in [0.2, 0.25) is 0 Å². The smallest absolute Gasteiger partial charge is 0.193 e. The van der Waals surface area contributed by atoms with Crippen molar-refractivity contribution >= 4 is 29.9 Å². The zero-order valence-corrected chi connectivity index (χ0v) is 17.5. The molecule has 6 heteroatoms. The van der Waals surface area contributed by atoms with E-state index in [9.17, 15) is 0 Å². The van der Waals surface area contributed by atoms with Crippen LogP contribution < -0.4 is 5.32 Å². The summed E-state index contributed by atoms with van der Waals surface area (Å²) in [4.78, 5) is 6.71. The highest BCUT2D eigenvalue weighted by atomic mass is 127. The molecular formula is C18H28IN5. The molecule has 0 aliphatic rings. The molecule has 0 fully saturated rings. The van der Waals surface area contributed by atoms with E-state index in [0.29, 0.717) is 6.54 Å². The van der Waals surface area contributed by atoms with Crippen molar-refractivity contribution in [1.82, 2.24) is 20.0 Å². The van der Waals surface area contributed by atoms with E-state index in [4.69, 9.17) is 0 Å². The number of hydrogen-bond donors (Lipinski definition) is 1. The van der Waals surface area contributed by atoms with E-state index in [1.807, 2.05) is 48.9 Å². The minimum absolute atomic E-state index is 0. The summed E-state index contributed by atoms with van der Waals surface area (Å²) < 4.78 is 1.95. The van der Waals surface area contributed by atoms with E-state index in [2.05, 4.69) is 41.4 Å². The minimum atomic E-state index is 0. The molecule has 2 rings (SSSR count). The first-order valence-corrected chi connectivity index (χ1v) is 7.97. The second kappa shape index (κ2) is 9.66. The third kappa shape index (κ3) is 5.51. The van der Waals surface area contributed by atoms with Gasteiger partial charge < -0.3 is 10.2 Å². The van der Waals surface area contributed by atoms with Crippen LogP contribution in [0.25, 0.3) is 0 Å². The van der Waals surface area contributed by atoms with Gasteiger partial charge in [0.25, 0.3) is 0 Å². The lowest BCUT2D eigenvalue weighted by Crippen LogP contribution is -2.37. The summed E-state index contributed by atoms with van der Waals surface area (Å²) in [6.45, 7) is 5.72. The second-order valence-electron chi connectivity index (χ2n) is 5.97. The molecular weight excluding hydrogens is 413 g/mol. The van der Waals surface area contributed by atoms with E-state index in [-0.39, 0.29) is 24.0 Å². The molecule has 0 bridgehead atoms. The largest absolute Gasteiger partial charge is 0.356 e. The lowest BCUT2D eigenvalue weighted by Gasteiger charge is -2.17. The van der Waals surface area contributed by atoms with Gasteiger partial charge in [-0.1, -0.05) is 30.3 Å². The van der Waals surface area contributed by atoms with Crippen LogP contribution in [-0.4, -0.2) is 41.3 Å². The molecule has 0 aliphatic carbocycles. The fourth-order valence-corrected chi connectivity index (χ4v) is 2.58. The summed E-state index contributed by atoms with van der Waals surface area (Å²) in [6.07, 6.45) is 0.948. The quantitative estimate of drug-likeness (QED) is 0.441. The molecule has 0 aliphatic heterocycles. The van der Waals surface area contributed by atoms with Crippen LogP contribution in [0.2, 0.25) is 0 Å². The third-order valence-electron chi connectivity index (χ3n) is 3.99. The molecule has 0 radical (unpaired) electrons. The molecule has 132 valence electrons. The van der Waals surface area contributed by atoms with Crippen molar-refractivity contribution in [1.29, 1.82) is 0 Å². The van der Waals surface area contributed by atoms with Crippen molar-refractivity contribution in [3.8, 4) is 0 Å². The summed E-state index contributed by atoms with van der Waals surface area (Å²) in [5.74, 6) is 0.910. The van der Waals surface area contributed by atoms with Gasteiger partial charge in [-0.25, -0.2) is 4.99 Å². The number of rotatable bonds is 5. The molecule has 0 spiro atoms. The van der Waals surface area contributed by atoms with E-state index in [1.54, 1.807) is 0 Å². The number of nitrogens with zero attached hydrogens (tertiary/aromatic N) is 4. The number of guanidine groups is 1. The Labute approximate surface area is 162 Å². The number of nitrogens with one attached hydrogen (secondary N) is 1. The molecule has 0 atom stereocenters. The van der Waals surface area contributed by atoms with Crippen LogP contribution in [0, 0.1) is 13.8 Å². The lowest BCUT2D eigenvalue weighted by molar-refractivity contribution is 0.579. The minimum Gasteiger partial charge on any atom is -0.356 e. The van der Waals surface area contributed by atoms with Crippen LogP contribution in [0.1, 0.15) is 22.5 Å². The van der Waals surface area contributed by atoms with Gasteiger partial charge in [0, 0.05) is 33.4 Å². The first-order chi connectivity index (χ1) is 11.0. The Kier molecular flexibility index (Phi) is 8.24. The molecule has 1 aromatic carbocycles. The molecule has 2 aromatic rings. The Bertz CT molecular complexity index is 662. The molecule has 5 nitrogen and oxygen atoms in total. The highest BCUT2D eigenvalue weighted by Gasteiger charge is 2.09. The van der Waals surface area contributed by atoms with Crippen LogP contribution in [0.15, 0.2) is 35.3 Å². The van der Waals surface area contributed by atoms with Crippen LogP contribution in [0.5, 0.6) is 0 Å². The summed E-state index contributed by atoms with van der Waals surface area (Å²) in [5, 5.41) is 7.91. The Hall–Kier alpha value is -1.57. The third-order valence-corrected chi connectivity index (χ3v) is 3.99. The van der Waals surface area contributed by atoms with E-state index < -0.39 is 0 Å². The zero-order valence-electron chi connectivity index (χ0n) is 15.2. The topological polar surface area (TPSA) is 45.5 Å². The monoisotopic (exact) mass is 441 g/mol. The van der Waals surface area contributed by atoms with Gasteiger partial charge in [-0.15, -0.1) is 24.0 Å². The van der Waals surface area contributed by atoms with Crippen LogP contribution in [0.4, 0.5) is 0 Å². The van der Waals surface area contributed by atoms with Crippen molar-refractivity contribution in [2.75, 3.05) is 20.6 Å². The number of benzene rings is 1. The van der Waals surface area contributed by atoms with Crippen LogP contribution in [-0.2, 0) is 20.0 Å². The van der Waals surface area contributed by atoms with E-state index in [0.717, 1.165) is 24.6 Å². The summed E-state index contributed by atoms with van der Waals surface area (Å²) in [5.41, 5.74) is 4.88. The summed E-state index contributed by atoms with van der Waals surface area (Å²) >= 11 is 0. The molecule has 1 heterocycles. The van der Waals surface area contributed by atoms with Crippen molar-refractivity contribution in [2.24, 2.45) is 12.0 Å². The molecule has 24 heavy (non-hydrogen) atoms. The summed E-state index contributed by atoms with van der Waals surface area (Å²) in [6, 6.07) is 10.3. The molecule has 0 saturated carbocycles. The van der Waals surface area contributed by atoms with Crippen LogP contribution in [0.3, 0.4) is 0 Å². The first kappa shape index (κ1) is 20.5. The van der Waals surface area contributed by atoms with Gasteiger partial charge in [-0.2, -0.15) is 5.10 Å². The standard InChI is InChI=1S/C18H27N5.HI/c1-14-17(15(2)23(5)21-14)11-12-19-18(22(3)4)20-13-16-9-7-6-8-10-16;/h6-10H,11-13H2,1-5H3,(H,19,20);1H. The van der Waals surface area contributed by atoms with Gasteiger partial charge in [0.05, 0.1) is 12.2 Å². The average Bonchev–Trinajstić information content (AvgIpc) is 2.77. The van der Waals surface area contributed by atoms with E-state index in [1.165, 1.54) is 16.8 Å². The maximum Gasteiger partial charge on any atom is 0.193 e. The molecule has 1 aromatic heterocycles. The number of aliphatic imine (C=N–C) groups is 1. The highest BCUT2D eigenvalue weighted by Crippen LogP contribution is 2.11. The maximum atomic E-state index is 4.69. The Morgan fingerprint density at radius 2 is 1.88 bits per heavy atom. The lowest BCUT2D eigenvalue weighted by atomic mass is 10.1. The van der Waals surface area contributed by atoms with Gasteiger partial charge in [0.15, 0.2) is 5.96 Å². The Balaban J connectivity index is 0.00000288. The van der Waals surface area contributed by atoms with Gasteiger partial charge in [0.1, 0.15) is 0 Å². The highest BCUT2D eigenvalue weighted by molar-refractivity contribution is 14.0. The van der Waals surface area contributed by atoms with Gasteiger partial charge in [-0.3, -0.25) is 4.68 Å². The van der Waals surface area contributed by atoms with Crippen molar-refractivity contribution < 1.29 is 0 Å². The zero-order chi connectivity index (χ0) is 16.8. The Morgan fingerprint density at radius 1 is 1.21 bits per heavy atom. The number of halogens is 1. The average molecular weight is 441 g/mol. The molecule has 0 saturated heterocycles. The SMILES string of the molecule is Cc1nn(C)c(C)c1CCNC(=NCc1ccccc1)N(C)C.I. The fraction of sp³-hybridized carbons (Fsp3) is 0.444. The van der Waals surface area contributed by atoms with Crippen molar-refractivity contribution in [3.63, 3.8) is 0 Å². The maximum absolute atomic E-state index is 4.69. The summed E-state index contributed by atoms with van der Waals surface area (Å²) in [7, 11) is 6.01. The number of aryl methyl sites for hydroxylation is 2. The molecule has 0 amide bonds. The molecule has 0 unspecified atom stereocenters.